The molecule has 1 aromatic rings. The van der Waals surface area contributed by atoms with Crippen LogP contribution in [0, 0.1) is 5.92 Å². The summed E-state index contributed by atoms with van der Waals surface area (Å²) < 4.78 is 11.6. The molecule has 3 aliphatic rings. The molecule has 5 nitrogen and oxygen atoms in total. The number of hydrogen-bond acceptors (Lipinski definition) is 4. The van der Waals surface area contributed by atoms with Crippen LogP contribution in [-0.4, -0.2) is 49.2 Å². The first-order chi connectivity index (χ1) is 13.1. The molecule has 1 aliphatic heterocycles. The van der Waals surface area contributed by atoms with Gasteiger partial charge in [0.15, 0.2) is 0 Å². The average molecular weight is 373 g/mol. The van der Waals surface area contributed by atoms with Gasteiger partial charge in [-0.2, -0.15) is 0 Å². The lowest BCUT2D eigenvalue weighted by Gasteiger charge is -2.36. The summed E-state index contributed by atoms with van der Waals surface area (Å²) in [6, 6.07) is 6.51. The summed E-state index contributed by atoms with van der Waals surface area (Å²) in [7, 11) is 1.64. The first kappa shape index (κ1) is 18.6. The van der Waals surface area contributed by atoms with Crippen LogP contribution < -0.4 is 14.8 Å². The van der Waals surface area contributed by atoms with Crippen LogP contribution in [0.15, 0.2) is 18.2 Å². The van der Waals surface area contributed by atoms with Crippen molar-refractivity contribution in [2.45, 2.75) is 70.1 Å². The lowest BCUT2D eigenvalue weighted by atomic mass is 10.0. The number of hydrogen-bond donors (Lipinski definition) is 1. The van der Waals surface area contributed by atoms with Crippen molar-refractivity contribution in [2.75, 3.05) is 20.2 Å². The van der Waals surface area contributed by atoms with E-state index >= 15 is 0 Å². The number of carbonyl (C=O) groups excluding carboxylic acids is 1. The van der Waals surface area contributed by atoms with Gasteiger partial charge in [-0.25, -0.2) is 0 Å². The van der Waals surface area contributed by atoms with E-state index in [1.54, 1.807) is 7.11 Å². The summed E-state index contributed by atoms with van der Waals surface area (Å²) in [5.74, 6) is 2.31. The molecule has 1 saturated heterocycles. The van der Waals surface area contributed by atoms with Gasteiger partial charge in [-0.1, -0.05) is 12.8 Å². The average Bonchev–Trinajstić information content (AvgIpc) is 3.59. The fourth-order valence-corrected chi connectivity index (χ4v) is 4.00. The molecule has 5 heteroatoms. The van der Waals surface area contributed by atoms with Gasteiger partial charge in [0.1, 0.15) is 17.6 Å². The molecule has 0 aromatic heterocycles. The molecule has 0 spiro atoms. The second-order valence-corrected chi connectivity index (χ2v) is 8.49. The minimum absolute atomic E-state index is 0.0364. The Morgan fingerprint density at radius 3 is 2.56 bits per heavy atom. The van der Waals surface area contributed by atoms with Crippen LogP contribution in [0.4, 0.5) is 0 Å². The molecular weight excluding hydrogens is 340 g/mol. The van der Waals surface area contributed by atoms with Crippen LogP contribution in [0.3, 0.4) is 0 Å². The summed E-state index contributed by atoms with van der Waals surface area (Å²) in [6.07, 6.45) is 8.52. The van der Waals surface area contributed by atoms with Gasteiger partial charge in [-0.15, -0.1) is 0 Å². The van der Waals surface area contributed by atoms with Crippen molar-refractivity contribution >= 4 is 5.91 Å². The highest BCUT2D eigenvalue weighted by Crippen LogP contribution is 2.35. The van der Waals surface area contributed by atoms with Crippen molar-refractivity contribution in [3.05, 3.63) is 23.8 Å². The molecule has 1 unspecified atom stereocenters. The Balaban J connectivity index is 1.37. The van der Waals surface area contributed by atoms with E-state index in [4.69, 9.17) is 9.47 Å². The SMILES string of the molecule is COc1ccc(C(=O)NC2CC2)c(OC2CCN(C(C)CC3CC3)CC2)c1. The zero-order valence-electron chi connectivity index (χ0n) is 16.6. The molecule has 2 aliphatic carbocycles. The molecule has 1 amide bonds. The highest BCUT2D eigenvalue weighted by Gasteiger charge is 2.30. The Hall–Kier alpha value is -1.75. The van der Waals surface area contributed by atoms with Crippen LogP contribution >= 0.6 is 0 Å². The summed E-state index contributed by atoms with van der Waals surface area (Å²) in [4.78, 5) is 15.2. The van der Waals surface area contributed by atoms with E-state index in [-0.39, 0.29) is 12.0 Å². The summed E-state index contributed by atoms with van der Waals surface area (Å²) in [6.45, 7) is 4.51. The number of amides is 1. The largest absolute Gasteiger partial charge is 0.497 e. The molecule has 4 rings (SSSR count). The number of methoxy groups -OCH3 is 1. The van der Waals surface area contributed by atoms with Crippen LogP contribution in [-0.2, 0) is 0 Å². The Kier molecular flexibility index (Phi) is 5.58. The van der Waals surface area contributed by atoms with Gasteiger partial charge < -0.3 is 19.7 Å². The van der Waals surface area contributed by atoms with E-state index in [0.29, 0.717) is 23.4 Å². The smallest absolute Gasteiger partial charge is 0.255 e. The highest BCUT2D eigenvalue weighted by atomic mass is 16.5. The van der Waals surface area contributed by atoms with Gasteiger partial charge in [0.2, 0.25) is 0 Å². The Labute approximate surface area is 162 Å². The van der Waals surface area contributed by atoms with Crippen molar-refractivity contribution in [3.8, 4) is 11.5 Å². The zero-order chi connectivity index (χ0) is 18.8. The lowest BCUT2D eigenvalue weighted by Crippen LogP contribution is -2.43. The number of benzene rings is 1. The Morgan fingerprint density at radius 1 is 1.19 bits per heavy atom. The third kappa shape index (κ3) is 4.95. The van der Waals surface area contributed by atoms with Gasteiger partial charge in [0.05, 0.1) is 12.7 Å². The predicted molar refractivity (Wildman–Crippen MR) is 106 cm³/mol. The molecular formula is C22H32N2O3. The van der Waals surface area contributed by atoms with Crippen molar-refractivity contribution in [3.63, 3.8) is 0 Å². The van der Waals surface area contributed by atoms with E-state index in [1.807, 2.05) is 18.2 Å². The molecule has 27 heavy (non-hydrogen) atoms. The molecule has 1 heterocycles. The van der Waals surface area contributed by atoms with Crippen molar-refractivity contribution in [2.24, 2.45) is 5.92 Å². The quantitative estimate of drug-likeness (QED) is 0.757. The molecule has 2 saturated carbocycles. The molecule has 148 valence electrons. The summed E-state index contributed by atoms with van der Waals surface area (Å²) in [5.41, 5.74) is 0.618. The van der Waals surface area contributed by atoms with E-state index in [1.165, 1.54) is 19.3 Å². The second kappa shape index (κ2) is 8.09. The van der Waals surface area contributed by atoms with Gasteiger partial charge in [0, 0.05) is 31.2 Å². The predicted octanol–water partition coefficient (Wildman–Crippen LogP) is 3.62. The van der Waals surface area contributed by atoms with Crippen LogP contribution in [0.1, 0.15) is 62.2 Å². The van der Waals surface area contributed by atoms with E-state index < -0.39 is 0 Å². The molecule has 1 aromatic carbocycles. The third-order valence-electron chi connectivity index (χ3n) is 6.11. The van der Waals surface area contributed by atoms with Crippen molar-refractivity contribution in [1.82, 2.24) is 10.2 Å². The maximum Gasteiger partial charge on any atom is 0.255 e. The number of nitrogens with one attached hydrogen (secondary N) is 1. The molecule has 0 radical (unpaired) electrons. The van der Waals surface area contributed by atoms with Crippen molar-refractivity contribution < 1.29 is 14.3 Å². The fraction of sp³-hybridized carbons (Fsp3) is 0.682. The maximum atomic E-state index is 12.6. The topological polar surface area (TPSA) is 50.8 Å². The van der Waals surface area contributed by atoms with Gasteiger partial charge in [0.25, 0.3) is 5.91 Å². The molecule has 1 N–H and O–H groups in total. The number of nitrogens with zero attached hydrogens (tertiary/aromatic N) is 1. The monoisotopic (exact) mass is 372 g/mol. The third-order valence-corrected chi connectivity index (χ3v) is 6.11. The fourth-order valence-electron chi connectivity index (χ4n) is 4.00. The van der Waals surface area contributed by atoms with E-state index in [2.05, 4.69) is 17.1 Å². The zero-order valence-corrected chi connectivity index (χ0v) is 16.6. The van der Waals surface area contributed by atoms with Crippen LogP contribution in [0.2, 0.25) is 0 Å². The van der Waals surface area contributed by atoms with Gasteiger partial charge in [-0.05, 0) is 57.1 Å². The second-order valence-electron chi connectivity index (χ2n) is 8.49. The van der Waals surface area contributed by atoms with E-state index in [0.717, 1.165) is 50.4 Å². The minimum Gasteiger partial charge on any atom is -0.497 e. The van der Waals surface area contributed by atoms with Crippen LogP contribution in [0.25, 0.3) is 0 Å². The summed E-state index contributed by atoms with van der Waals surface area (Å²) >= 11 is 0. The Morgan fingerprint density at radius 2 is 1.93 bits per heavy atom. The van der Waals surface area contributed by atoms with Crippen LogP contribution in [0.5, 0.6) is 11.5 Å². The Bertz CT molecular complexity index is 662. The first-order valence-corrected chi connectivity index (χ1v) is 10.5. The van der Waals surface area contributed by atoms with Gasteiger partial charge >= 0.3 is 0 Å². The molecule has 0 bridgehead atoms. The highest BCUT2D eigenvalue weighted by molar-refractivity contribution is 5.97. The summed E-state index contributed by atoms with van der Waals surface area (Å²) in [5, 5.41) is 3.06. The standard InChI is InChI=1S/C22H32N2O3/c1-15(13-16-3-4-16)24-11-9-18(10-12-24)27-21-14-19(26-2)7-8-20(21)22(25)23-17-5-6-17/h7-8,14-18H,3-6,9-13H2,1-2H3,(H,23,25). The number of piperidine rings is 1. The minimum atomic E-state index is -0.0364. The normalized spacial score (nSPS) is 22.3. The first-order valence-electron chi connectivity index (χ1n) is 10.5. The molecule has 1 atom stereocenters. The van der Waals surface area contributed by atoms with Gasteiger partial charge in [-0.3, -0.25) is 4.79 Å². The molecule has 3 fully saturated rings. The lowest BCUT2D eigenvalue weighted by molar-refractivity contribution is 0.0741. The van der Waals surface area contributed by atoms with E-state index in [9.17, 15) is 4.79 Å². The number of rotatable bonds is 8. The number of ether oxygens (including phenoxy) is 2. The number of carbonyl (C=O) groups is 1. The number of likely N-dealkylation sites (tertiary alicyclic amines) is 1. The maximum absolute atomic E-state index is 12.6. The van der Waals surface area contributed by atoms with Crippen molar-refractivity contribution in [1.29, 1.82) is 0 Å².